The average Bonchev–Trinajstić information content (AvgIpc) is 1.58. The van der Waals surface area contributed by atoms with E-state index in [4.69, 9.17) is 0 Å². The summed E-state index contributed by atoms with van der Waals surface area (Å²) in [6.45, 7) is 0. The standard InChI is InChI=1S/C4H4NO2/c6-2-3-1-4(7)5-3/h3H,1H2,(H,5,7). The third-order valence-electron chi connectivity index (χ3n) is 0.867. The molecule has 1 saturated heterocycles. The highest BCUT2D eigenvalue weighted by atomic mass is 16.2. The number of nitrogens with one attached hydrogen (secondary N) is 1. The van der Waals surface area contributed by atoms with Gasteiger partial charge in [0.1, 0.15) is 6.04 Å². The van der Waals surface area contributed by atoms with E-state index in [1.807, 2.05) is 0 Å². The largest absolute Gasteiger partial charge is 0.345 e. The fourth-order valence-electron chi connectivity index (χ4n) is 0.430. The number of carbonyl (C=O) groups is 1. The number of hydrogen-bond donors (Lipinski definition) is 1. The lowest BCUT2D eigenvalue weighted by Gasteiger charge is -2.19. The van der Waals surface area contributed by atoms with E-state index in [1.165, 1.54) is 0 Å². The van der Waals surface area contributed by atoms with Gasteiger partial charge in [-0.05, 0) is 0 Å². The zero-order valence-corrected chi connectivity index (χ0v) is 3.60. The Kier molecular flexibility index (Phi) is 0.817. The summed E-state index contributed by atoms with van der Waals surface area (Å²) in [6, 6.07) is -0.313. The Morgan fingerprint density at radius 3 is 2.57 bits per heavy atom. The van der Waals surface area contributed by atoms with Gasteiger partial charge >= 0.3 is 0 Å². The molecule has 3 heteroatoms. The van der Waals surface area contributed by atoms with Crippen LogP contribution in [0.3, 0.4) is 0 Å². The van der Waals surface area contributed by atoms with Gasteiger partial charge in [0.15, 0.2) is 0 Å². The molecule has 0 aromatic rings. The molecule has 1 N–H and O–H groups in total. The maximum absolute atomic E-state index is 9.98. The predicted molar refractivity (Wildman–Crippen MR) is 22.2 cm³/mol. The van der Waals surface area contributed by atoms with Crippen LogP contribution in [0.4, 0.5) is 0 Å². The maximum atomic E-state index is 9.98. The SMILES string of the molecule is O=[C]C1CC(=O)N1. The summed E-state index contributed by atoms with van der Waals surface area (Å²) >= 11 is 0. The summed E-state index contributed by atoms with van der Waals surface area (Å²) in [5.41, 5.74) is 0. The number of carbonyl (C=O) groups excluding carboxylic acids is 2. The molecule has 3 nitrogen and oxygen atoms in total. The van der Waals surface area contributed by atoms with E-state index in [0.717, 1.165) is 0 Å². The quantitative estimate of drug-likeness (QED) is 0.427. The van der Waals surface area contributed by atoms with Crippen molar-refractivity contribution in [2.45, 2.75) is 12.5 Å². The van der Waals surface area contributed by atoms with Crippen LogP contribution in [0.2, 0.25) is 0 Å². The number of amides is 1. The third-order valence-corrected chi connectivity index (χ3v) is 0.867. The van der Waals surface area contributed by atoms with Crippen LogP contribution in [0.15, 0.2) is 0 Å². The van der Waals surface area contributed by atoms with Gasteiger partial charge in [0.05, 0.1) is 6.42 Å². The monoisotopic (exact) mass is 98.0 g/mol. The van der Waals surface area contributed by atoms with Gasteiger partial charge in [0.2, 0.25) is 12.2 Å². The van der Waals surface area contributed by atoms with Crippen molar-refractivity contribution < 1.29 is 9.59 Å². The van der Waals surface area contributed by atoms with Gasteiger partial charge in [0.25, 0.3) is 0 Å². The highest BCUT2D eigenvalue weighted by molar-refractivity contribution is 5.90. The molecule has 0 aromatic heterocycles. The van der Waals surface area contributed by atoms with Crippen LogP contribution in [-0.4, -0.2) is 18.2 Å². The van der Waals surface area contributed by atoms with Gasteiger partial charge < -0.3 is 5.32 Å². The Labute approximate surface area is 40.7 Å². The maximum Gasteiger partial charge on any atom is 0.223 e. The molecule has 1 amide bonds. The lowest BCUT2D eigenvalue weighted by molar-refractivity contribution is -0.126. The van der Waals surface area contributed by atoms with Gasteiger partial charge in [0, 0.05) is 0 Å². The molecule has 0 aromatic carbocycles. The van der Waals surface area contributed by atoms with E-state index in [0.29, 0.717) is 6.42 Å². The summed E-state index contributed by atoms with van der Waals surface area (Å²) in [6.07, 6.45) is 1.97. The fraction of sp³-hybridized carbons (Fsp3) is 0.500. The number of β-lactam (4-membered cyclic amide) rings is 1. The second-order valence-electron chi connectivity index (χ2n) is 1.44. The van der Waals surface area contributed by atoms with Crippen LogP contribution in [0.5, 0.6) is 0 Å². The molecule has 1 radical (unpaired) electrons. The van der Waals surface area contributed by atoms with Gasteiger partial charge in [-0.2, -0.15) is 0 Å². The lowest BCUT2D eigenvalue weighted by atomic mass is 10.1. The van der Waals surface area contributed by atoms with Gasteiger partial charge in [-0.3, -0.25) is 9.59 Å². The highest BCUT2D eigenvalue weighted by Crippen LogP contribution is 1.98. The van der Waals surface area contributed by atoms with Crippen molar-refractivity contribution in [3.63, 3.8) is 0 Å². The van der Waals surface area contributed by atoms with E-state index >= 15 is 0 Å². The number of hydrogen-bond acceptors (Lipinski definition) is 2. The molecular weight excluding hydrogens is 94.0 g/mol. The molecule has 1 atom stereocenters. The molecular formula is C4H4NO2. The summed E-state index contributed by atoms with van der Waals surface area (Å²) in [7, 11) is 0. The van der Waals surface area contributed by atoms with E-state index in [2.05, 4.69) is 5.32 Å². The lowest BCUT2D eigenvalue weighted by Crippen LogP contribution is -2.49. The van der Waals surface area contributed by atoms with Crippen molar-refractivity contribution in [1.82, 2.24) is 5.32 Å². The molecule has 0 aliphatic carbocycles. The van der Waals surface area contributed by atoms with Crippen molar-refractivity contribution >= 4 is 12.2 Å². The Balaban J connectivity index is 2.29. The fourth-order valence-corrected chi connectivity index (χ4v) is 0.430. The van der Waals surface area contributed by atoms with Crippen LogP contribution in [-0.2, 0) is 9.59 Å². The molecule has 1 fully saturated rings. The van der Waals surface area contributed by atoms with Crippen LogP contribution >= 0.6 is 0 Å². The minimum Gasteiger partial charge on any atom is -0.345 e. The minimum absolute atomic E-state index is 0.0617. The first-order valence-corrected chi connectivity index (χ1v) is 2.00. The second-order valence-corrected chi connectivity index (χ2v) is 1.44. The first-order chi connectivity index (χ1) is 3.33. The molecule has 37 valence electrons. The van der Waals surface area contributed by atoms with Crippen LogP contribution in [0.25, 0.3) is 0 Å². The van der Waals surface area contributed by atoms with Crippen molar-refractivity contribution in [1.29, 1.82) is 0 Å². The van der Waals surface area contributed by atoms with E-state index in [9.17, 15) is 9.59 Å². The summed E-state index contributed by atoms with van der Waals surface area (Å²) in [5.74, 6) is -0.0617. The molecule has 0 bridgehead atoms. The van der Waals surface area contributed by atoms with E-state index in [1.54, 1.807) is 6.29 Å². The van der Waals surface area contributed by atoms with E-state index in [-0.39, 0.29) is 11.9 Å². The minimum atomic E-state index is -0.313. The Morgan fingerprint density at radius 2 is 2.43 bits per heavy atom. The second kappa shape index (κ2) is 1.33. The highest BCUT2D eigenvalue weighted by Gasteiger charge is 2.24. The number of rotatable bonds is 1. The zero-order valence-electron chi connectivity index (χ0n) is 3.60. The first-order valence-electron chi connectivity index (χ1n) is 2.00. The van der Waals surface area contributed by atoms with Crippen LogP contribution in [0, 0.1) is 0 Å². The first kappa shape index (κ1) is 4.30. The summed E-state index contributed by atoms with van der Waals surface area (Å²) in [5, 5.41) is 2.33. The van der Waals surface area contributed by atoms with E-state index < -0.39 is 0 Å². The van der Waals surface area contributed by atoms with Gasteiger partial charge in [-0.25, -0.2) is 0 Å². The molecule has 7 heavy (non-hydrogen) atoms. The summed E-state index contributed by atoms with van der Waals surface area (Å²) in [4.78, 5) is 19.6. The van der Waals surface area contributed by atoms with Crippen LogP contribution in [0.1, 0.15) is 6.42 Å². The Morgan fingerprint density at radius 1 is 1.86 bits per heavy atom. The van der Waals surface area contributed by atoms with Crippen molar-refractivity contribution in [3.05, 3.63) is 0 Å². The summed E-state index contributed by atoms with van der Waals surface area (Å²) < 4.78 is 0. The van der Waals surface area contributed by atoms with Crippen molar-refractivity contribution in [2.75, 3.05) is 0 Å². The molecule has 1 heterocycles. The Bertz CT molecular complexity index is 102. The smallest absolute Gasteiger partial charge is 0.223 e. The zero-order chi connectivity index (χ0) is 5.28. The third kappa shape index (κ3) is 0.607. The Hall–Kier alpha value is -0.860. The topological polar surface area (TPSA) is 46.2 Å². The normalized spacial score (nSPS) is 28.0. The van der Waals surface area contributed by atoms with Gasteiger partial charge in [-0.1, -0.05) is 0 Å². The van der Waals surface area contributed by atoms with Crippen LogP contribution < -0.4 is 5.32 Å². The molecule has 1 aliphatic rings. The molecule has 0 spiro atoms. The predicted octanol–water partition coefficient (Wildman–Crippen LogP) is -1.02. The van der Waals surface area contributed by atoms with Crippen molar-refractivity contribution in [3.8, 4) is 0 Å². The molecule has 1 rings (SSSR count). The average molecular weight is 98.1 g/mol. The molecule has 1 aliphatic heterocycles. The van der Waals surface area contributed by atoms with Gasteiger partial charge in [-0.15, -0.1) is 0 Å². The molecule has 1 unspecified atom stereocenters. The molecule has 0 saturated carbocycles. The van der Waals surface area contributed by atoms with Crippen molar-refractivity contribution in [2.24, 2.45) is 0 Å².